The van der Waals surface area contributed by atoms with E-state index in [9.17, 15) is 9.59 Å². The Hall–Kier alpha value is -2.93. The van der Waals surface area contributed by atoms with Crippen LogP contribution in [0.3, 0.4) is 0 Å². The predicted octanol–water partition coefficient (Wildman–Crippen LogP) is 3.21. The van der Waals surface area contributed by atoms with Crippen LogP contribution in [0, 0.1) is 0 Å². The van der Waals surface area contributed by atoms with E-state index in [0.29, 0.717) is 22.8 Å². The Morgan fingerprint density at radius 1 is 1.23 bits per heavy atom. The normalized spacial score (nSPS) is 16.8. The molecule has 26 heavy (non-hydrogen) atoms. The largest absolute Gasteiger partial charge is 0.365 e. The van der Waals surface area contributed by atoms with Crippen molar-refractivity contribution in [2.75, 3.05) is 6.54 Å². The molecular formula is C19H18N4O2S. The Bertz CT molecular complexity index is 948. The van der Waals surface area contributed by atoms with Crippen LogP contribution in [0.1, 0.15) is 43.8 Å². The molecule has 1 atom stereocenters. The van der Waals surface area contributed by atoms with Gasteiger partial charge in [-0.1, -0.05) is 18.2 Å². The number of primary amides is 1. The third kappa shape index (κ3) is 2.90. The number of imidazole rings is 1. The summed E-state index contributed by atoms with van der Waals surface area (Å²) in [6.07, 6.45) is 5.23. The smallest absolute Gasteiger partial charge is 0.258 e. The molecule has 132 valence electrons. The van der Waals surface area contributed by atoms with Crippen LogP contribution in [0.25, 0.3) is 11.4 Å². The van der Waals surface area contributed by atoms with Gasteiger partial charge in [-0.2, -0.15) is 0 Å². The van der Waals surface area contributed by atoms with E-state index in [1.807, 2.05) is 35.2 Å². The van der Waals surface area contributed by atoms with Gasteiger partial charge in [0.1, 0.15) is 5.82 Å². The minimum Gasteiger partial charge on any atom is -0.365 e. The Labute approximate surface area is 154 Å². The number of carbonyl (C=O) groups excluding carboxylic acids is 2. The Morgan fingerprint density at radius 2 is 2.08 bits per heavy atom. The fourth-order valence-corrected chi connectivity index (χ4v) is 4.42. The summed E-state index contributed by atoms with van der Waals surface area (Å²) in [6, 6.07) is 11.1. The maximum Gasteiger partial charge on any atom is 0.258 e. The summed E-state index contributed by atoms with van der Waals surface area (Å²) in [5, 5.41) is 0. The topological polar surface area (TPSA) is 92.1 Å². The van der Waals surface area contributed by atoms with Crippen molar-refractivity contribution >= 4 is 23.2 Å². The molecule has 6 nitrogen and oxygen atoms in total. The number of benzene rings is 1. The van der Waals surface area contributed by atoms with E-state index < -0.39 is 5.91 Å². The van der Waals surface area contributed by atoms with Gasteiger partial charge in [-0.05, 0) is 31.0 Å². The van der Waals surface area contributed by atoms with E-state index in [1.165, 1.54) is 11.3 Å². The number of likely N-dealkylation sites (tertiary alicyclic amines) is 1. The van der Waals surface area contributed by atoms with Crippen molar-refractivity contribution < 1.29 is 9.59 Å². The van der Waals surface area contributed by atoms with Crippen molar-refractivity contribution in [2.45, 2.75) is 18.9 Å². The molecular weight excluding hydrogens is 348 g/mol. The average Bonchev–Trinajstić information content (AvgIpc) is 3.41. The number of amides is 2. The SMILES string of the molecule is NC(=O)c1ccc(C2CCCN2C(=O)c2ccccc2-c2ncc[nH]2)s1. The highest BCUT2D eigenvalue weighted by molar-refractivity contribution is 7.14. The Morgan fingerprint density at radius 3 is 2.81 bits per heavy atom. The molecule has 1 fully saturated rings. The van der Waals surface area contributed by atoms with Gasteiger partial charge in [0, 0.05) is 29.4 Å². The van der Waals surface area contributed by atoms with Crippen LogP contribution in [0.4, 0.5) is 0 Å². The van der Waals surface area contributed by atoms with E-state index in [2.05, 4.69) is 9.97 Å². The van der Waals surface area contributed by atoms with Crippen molar-refractivity contribution in [1.29, 1.82) is 0 Å². The zero-order chi connectivity index (χ0) is 18.1. The summed E-state index contributed by atoms with van der Waals surface area (Å²) in [6.45, 7) is 0.694. The molecule has 4 rings (SSSR count). The molecule has 2 amide bonds. The third-order valence-electron chi connectivity index (χ3n) is 4.62. The van der Waals surface area contributed by atoms with Crippen molar-refractivity contribution in [3.63, 3.8) is 0 Å². The van der Waals surface area contributed by atoms with Crippen LogP contribution >= 0.6 is 11.3 Å². The first-order valence-corrected chi connectivity index (χ1v) is 9.26. The first kappa shape index (κ1) is 16.5. The molecule has 3 heterocycles. The lowest BCUT2D eigenvalue weighted by Gasteiger charge is -2.24. The van der Waals surface area contributed by atoms with Crippen LogP contribution in [-0.2, 0) is 0 Å². The van der Waals surface area contributed by atoms with Crippen molar-refractivity contribution in [1.82, 2.24) is 14.9 Å². The Balaban J connectivity index is 1.66. The van der Waals surface area contributed by atoms with Crippen molar-refractivity contribution in [3.05, 3.63) is 64.1 Å². The number of carbonyl (C=O) groups is 2. The molecule has 1 aliphatic heterocycles. The van der Waals surface area contributed by atoms with E-state index in [0.717, 1.165) is 23.3 Å². The van der Waals surface area contributed by atoms with Crippen LogP contribution in [0.15, 0.2) is 48.8 Å². The van der Waals surface area contributed by atoms with Crippen LogP contribution < -0.4 is 5.73 Å². The fraction of sp³-hybridized carbons (Fsp3) is 0.211. The predicted molar refractivity (Wildman–Crippen MR) is 99.9 cm³/mol. The van der Waals surface area contributed by atoms with Gasteiger partial charge in [0.05, 0.1) is 16.5 Å². The highest BCUT2D eigenvalue weighted by atomic mass is 32.1. The second kappa shape index (κ2) is 6.76. The molecule has 0 spiro atoms. The second-order valence-corrected chi connectivity index (χ2v) is 7.32. The fourth-order valence-electron chi connectivity index (χ4n) is 3.41. The van der Waals surface area contributed by atoms with Gasteiger partial charge in [0.25, 0.3) is 11.8 Å². The first-order chi connectivity index (χ1) is 12.6. The number of aromatic nitrogens is 2. The van der Waals surface area contributed by atoms with Gasteiger partial charge in [0.15, 0.2) is 0 Å². The third-order valence-corrected chi connectivity index (χ3v) is 5.82. The standard InChI is InChI=1S/C19H18N4O2S/c20-17(24)16-8-7-15(26-16)14-6-3-11-23(14)19(25)13-5-2-1-4-12(13)18-21-9-10-22-18/h1-2,4-5,7-10,14H,3,6,11H2,(H2,20,24)(H,21,22). The number of nitrogens with zero attached hydrogens (tertiary/aromatic N) is 2. The molecule has 0 aliphatic carbocycles. The number of H-pyrrole nitrogens is 1. The molecule has 1 unspecified atom stereocenters. The molecule has 0 bridgehead atoms. The highest BCUT2D eigenvalue weighted by Crippen LogP contribution is 2.37. The maximum atomic E-state index is 13.3. The zero-order valence-corrected chi connectivity index (χ0v) is 14.8. The molecule has 2 aromatic heterocycles. The number of thiophene rings is 1. The number of nitrogens with one attached hydrogen (secondary N) is 1. The van der Waals surface area contributed by atoms with Crippen molar-refractivity contribution in [2.24, 2.45) is 5.73 Å². The molecule has 7 heteroatoms. The minimum atomic E-state index is -0.430. The van der Waals surface area contributed by atoms with E-state index in [1.54, 1.807) is 18.5 Å². The van der Waals surface area contributed by atoms with Crippen LogP contribution in [0.2, 0.25) is 0 Å². The van der Waals surface area contributed by atoms with Crippen LogP contribution in [-0.4, -0.2) is 33.2 Å². The lowest BCUT2D eigenvalue weighted by molar-refractivity contribution is 0.0738. The minimum absolute atomic E-state index is 0.0199. The molecule has 3 aromatic rings. The molecule has 1 aromatic carbocycles. The second-order valence-electron chi connectivity index (χ2n) is 6.21. The number of hydrogen-bond donors (Lipinski definition) is 2. The number of hydrogen-bond acceptors (Lipinski definition) is 4. The number of rotatable bonds is 4. The zero-order valence-electron chi connectivity index (χ0n) is 14.0. The van der Waals surface area contributed by atoms with Gasteiger partial charge < -0.3 is 15.6 Å². The average molecular weight is 366 g/mol. The monoisotopic (exact) mass is 366 g/mol. The van der Waals surface area contributed by atoms with Gasteiger partial charge in [-0.15, -0.1) is 11.3 Å². The summed E-state index contributed by atoms with van der Waals surface area (Å²) >= 11 is 1.37. The van der Waals surface area contributed by atoms with E-state index >= 15 is 0 Å². The van der Waals surface area contributed by atoms with Gasteiger partial charge in [-0.3, -0.25) is 9.59 Å². The number of aromatic amines is 1. The van der Waals surface area contributed by atoms with Gasteiger partial charge in [-0.25, -0.2) is 4.98 Å². The maximum absolute atomic E-state index is 13.3. The molecule has 3 N–H and O–H groups in total. The lowest BCUT2D eigenvalue weighted by atomic mass is 10.0. The summed E-state index contributed by atoms with van der Waals surface area (Å²) in [5.41, 5.74) is 6.78. The molecule has 1 saturated heterocycles. The quantitative estimate of drug-likeness (QED) is 0.742. The van der Waals surface area contributed by atoms with Crippen LogP contribution in [0.5, 0.6) is 0 Å². The molecule has 1 aliphatic rings. The lowest BCUT2D eigenvalue weighted by Crippen LogP contribution is -2.30. The molecule has 0 saturated carbocycles. The van der Waals surface area contributed by atoms with E-state index in [4.69, 9.17) is 5.73 Å². The summed E-state index contributed by atoms with van der Waals surface area (Å²) in [4.78, 5) is 35.4. The summed E-state index contributed by atoms with van der Waals surface area (Å²) in [7, 11) is 0. The summed E-state index contributed by atoms with van der Waals surface area (Å²) < 4.78 is 0. The molecule has 0 radical (unpaired) electrons. The summed E-state index contributed by atoms with van der Waals surface area (Å²) in [5.74, 6) is 0.227. The highest BCUT2D eigenvalue weighted by Gasteiger charge is 2.33. The van der Waals surface area contributed by atoms with Gasteiger partial charge in [0.2, 0.25) is 0 Å². The number of nitrogens with two attached hydrogens (primary N) is 1. The van der Waals surface area contributed by atoms with Crippen molar-refractivity contribution in [3.8, 4) is 11.4 Å². The van der Waals surface area contributed by atoms with Gasteiger partial charge >= 0.3 is 0 Å². The van der Waals surface area contributed by atoms with E-state index in [-0.39, 0.29) is 11.9 Å². The Kier molecular flexibility index (Phi) is 4.30. The first-order valence-electron chi connectivity index (χ1n) is 8.44.